The van der Waals surface area contributed by atoms with Gasteiger partial charge in [0.25, 0.3) is 5.91 Å². The maximum Gasteiger partial charge on any atom is 0.289 e. The minimum absolute atomic E-state index is 0.0875. The van der Waals surface area contributed by atoms with E-state index in [2.05, 4.69) is 0 Å². The predicted octanol–water partition coefficient (Wildman–Crippen LogP) is 1.53. The summed E-state index contributed by atoms with van der Waals surface area (Å²) in [6.45, 7) is 1.45. The first-order valence-electron chi connectivity index (χ1n) is 5.18. The molecule has 1 aromatic heterocycles. The summed E-state index contributed by atoms with van der Waals surface area (Å²) in [4.78, 5) is 13.4. The number of furan rings is 1. The third-order valence-corrected chi connectivity index (χ3v) is 2.58. The lowest BCUT2D eigenvalue weighted by Crippen LogP contribution is -2.33. The SMILES string of the molecule is CN(CC1CCCO1)C(=O)c1ccco1. The smallest absolute Gasteiger partial charge is 0.289 e. The van der Waals surface area contributed by atoms with Crippen molar-refractivity contribution in [2.75, 3.05) is 20.2 Å². The Morgan fingerprint density at radius 3 is 3.13 bits per heavy atom. The molecule has 1 aromatic rings. The van der Waals surface area contributed by atoms with Gasteiger partial charge >= 0.3 is 0 Å². The van der Waals surface area contributed by atoms with Gasteiger partial charge in [-0.3, -0.25) is 4.79 Å². The highest BCUT2D eigenvalue weighted by Gasteiger charge is 2.21. The molecular formula is C11H15NO3. The van der Waals surface area contributed by atoms with E-state index in [1.165, 1.54) is 6.26 Å². The summed E-state index contributed by atoms with van der Waals surface area (Å²) in [5, 5.41) is 0. The van der Waals surface area contributed by atoms with Crippen LogP contribution in [0, 0.1) is 0 Å². The standard InChI is InChI=1S/C11H15NO3/c1-12(8-9-4-2-6-14-9)11(13)10-5-3-7-15-10/h3,5,7,9H,2,4,6,8H2,1H3. The Balaban J connectivity index is 1.90. The van der Waals surface area contributed by atoms with Crippen LogP contribution in [0.1, 0.15) is 23.4 Å². The predicted molar refractivity (Wildman–Crippen MR) is 54.6 cm³/mol. The molecule has 0 aliphatic carbocycles. The van der Waals surface area contributed by atoms with E-state index in [0.717, 1.165) is 19.4 Å². The molecule has 4 nitrogen and oxygen atoms in total. The number of hydrogen-bond donors (Lipinski definition) is 0. The maximum atomic E-state index is 11.8. The maximum absolute atomic E-state index is 11.8. The molecule has 1 aliphatic rings. The number of amides is 1. The second-order valence-electron chi connectivity index (χ2n) is 3.80. The molecule has 0 bridgehead atoms. The third-order valence-electron chi connectivity index (χ3n) is 2.58. The van der Waals surface area contributed by atoms with Gasteiger partial charge in [-0.2, -0.15) is 0 Å². The van der Waals surface area contributed by atoms with E-state index in [4.69, 9.17) is 9.15 Å². The lowest BCUT2D eigenvalue weighted by Gasteiger charge is -2.19. The summed E-state index contributed by atoms with van der Waals surface area (Å²) in [7, 11) is 1.77. The molecule has 2 heterocycles. The first kappa shape index (κ1) is 10.2. The summed E-state index contributed by atoms with van der Waals surface area (Å²) >= 11 is 0. The highest BCUT2D eigenvalue weighted by molar-refractivity contribution is 5.91. The highest BCUT2D eigenvalue weighted by Crippen LogP contribution is 2.14. The van der Waals surface area contributed by atoms with Gasteiger partial charge in [-0.05, 0) is 25.0 Å². The quantitative estimate of drug-likeness (QED) is 0.758. The first-order valence-corrected chi connectivity index (χ1v) is 5.18. The highest BCUT2D eigenvalue weighted by atomic mass is 16.5. The fourth-order valence-corrected chi connectivity index (χ4v) is 1.77. The summed E-state index contributed by atoms with van der Waals surface area (Å²) in [5.74, 6) is 0.297. The van der Waals surface area contributed by atoms with Crippen molar-refractivity contribution in [2.24, 2.45) is 0 Å². The molecule has 0 spiro atoms. The van der Waals surface area contributed by atoms with Crippen molar-refractivity contribution in [3.8, 4) is 0 Å². The molecule has 1 saturated heterocycles. The van der Waals surface area contributed by atoms with E-state index in [0.29, 0.717) is 12.3 Å². The average Bonchev–Trinajstić information content (AvgIpc) is 2.88. The van der Waals surface area contributed by atoms with Gasteiger partial charge in [-0.1, -0.05) is 0 Å². The van der Waals surface area contributed by atoms with Gasteiger partial charge in [0, 0.05) is 20.2 Å². The number of carbonyl (C=O) groups is 1. The van der Waals surface area contributed by atoms with Gasteiger partial charge < -0.3 is 14.1 Å². The first-order chi connectivity index (χ1) is 7.27. The van der Waals surface area contributed by atoms with Crippen LogP contribution in [0.3, 0.4) is 0 Å². The Hall–Kier alpha value is -1.29. The molecular weight excluding hydrogens is 194 g/mol. The van der Waals surface area contributed by atoms with Crippen LogP contribution < -0.4 is 0 Å². The van der Waals surface area contributed by atoms with Gasteiger partial charge in [0.2, 0.25) is 0 Å². The zero-order chi connectivity index (χ0) is 10.7. The molecule has 2 rings (SSSR count). The van der Waals surface area contributed by atoms with Gasteiger partial charge in [0.15, 0.2) is 5.76 Å². The van der Waals surface area contributed by atoms with Crippen LogP contribution >= 0.6 is 0 Å². The van der Waals surface area contributed by atoms with Gasteiger partial charge in [0.05, 0.1) is 12.4 Å². The van der Waals surface area contributed by atoms with E-state index in [1.807, 2.05) is 0 Å². The largest absolute Gasteiger partial charge is 0.459 e. The van der Waals surface area contributed by atoms with Crippen molar-refractivity contribution >= 4 is 5.91 Å². The lowest BCUT2D eigenvalue weighted by molar-refractivity contribution is 0.0564. The van der Waals surface area contributed by atoms with Crippen molar-refractivity contribution in [1.82, 2.24) is 4.90 Å². The summed E-state index contributed by atoms with van der Waals surface area (Å²) in [6, 6.07) is 3.39. The van der Waals surface area contributed by atoms with E-state index in [9.17, 15) is 4.79 Å². The second-order valence-corrected chi connectivity index (χ2v) is 3.80. The Morgan fingerprint density at radius 1 is 1.67 bits per heavy atom. The number of rotatable bonds is 3. The molecule has 1 aliphatic heterocycles. The third kappa shape index (κ3) is 2.39. The molecule has 0 saturated carbocycles. The molecule has 1 unspecified atom stereocenters. The minimum atomic E-state index is -0.0875. The van der Waals surface area contributed by atoms with Crippen molar-refractivity contribution < 1.29 is 13.9 Å². The molecule has 0 aromatic carbocycles. The van der Waals surface area contributed by atoms with E-state index in [-0.39, 0.29) is 12.0 Å². The van der Waals surface area contributed by atoms with Gasteiger partial charge in [-0.15, -0.1) is 0 Å². The average molecular weight is 209 g/mol. The van der Waals surface area contributed by atoms with Crippen LogP contribution in [0.25, 0.3) is 0 Å². The monoisotopic (exact) mass is 209 g/mol. The molecule has 4 heteroatoms. The Bertz CT molecular complexity index is 315. The summed E-state index contributed by atoms with van der Waals surface area (Å²) in [5.41, 5.74) is 0. The van der Waals surface area contributed by atoms with Crippen LogP contribution in [0.5, 0.6) is 0 Å². The van der Waals surface area contributed by atoms with Crippen LogP contribution in [0.2, 0.25) is 0 Å². The number of likely N-dealkylation sites (N-methyl/N-ethyl adjacent to an activating group) is 1. The Morgan fingerprint density at radius 2 is 2.53 bits per heavy atom. The number of carbonyl (C=O) groups excluding carboxylic acids is 1. The van der Waals surface area contributed by atoms with E-state index in [1.54, 1.807) is 24.1 Å². The number of nitrogens with zero attached hydrogens (tertiary/aromatic N) is 1. The molecule has 82 valence electrons. The topological polar surface area (TPSA) is 42.7 Å². The second kappa shape index (κ2) is 4.49. The van der Waals surface area contributed by atoms with Crippen LogP contribution in [-0.4, -0.2) is 37.1 Å². The number of ether oxygens (including phenoxy) is 1. The molecule has 15 heavy (non-hydrogen) atoms. The Kier molecular flexibility index (Phi) is 3.06. The van der Waals surface area contributed by atoms with E-state index < -0.39 is 0 Å². The Labute approximate surface area is 88.8 Å². The molecule has 1 fully saturated rings. The van der Waals surface area contributed by atoms with E-state index >= 15 is 0 Å². The number of hydrogen-bond acceptors (Lipinski definition) is 3. The zero-order valence-electron chi connectivity index (χ0n) is 8.81. The summed E-state index contributed by atoms with van der Waals surface area (Å²) < 4.78 is 10.5. The molecule has 0 N–H and O–H groups in total. The van der Waals surface area contributed by atoms with Crippen LogP contribution in [0.15, 0.2) is 22.8 Å². The molecule has 1 amide bonds. The van der Waals surface area contributed by atoms with Crippen molar-refractivity contribution in [2.45, 2.75) is 18.9 Å². The fourth-order valence-electron chi connectivity index (χ4n) is 1.77. The lowest BCUT2D eigenvalue weighted by atomic mass is 10.2. The van der Waals surface area contributed by atoms with Gasteiger partial charge in [0.1, 0.15) is 0 Å². The normalized spacial score (nSPS) is 20.5. The van der Waals surface area contributed by atoms with Crippen LogP contribution in [-0.2, 0) is 4.74 Å². The molecule has 1 atom stereocenters. The fraction of sp³-hybridized carbons (Fsp3) is 0.545. The van der Waals surface area contributed by atoms with Crippen LogP contribution in [0.4, 0.5) is 0 Å². The van der Waals surface area contributed by atoms with Crippen molar-refractivity contribution in [3.05, 3.63) is 24.2 Å². The summed E-state index contributed by atoms with van der Waals surface area (Å²) in [6.07, 6.45) is 3.82. The molecule has 0 radical (unpaired) electrons. The van der Waals surface area contributed by atoms with Gasteiger partial charge in [-0.25, -0.2) is 0 Å². The zero-order valence-corrected chi connectivity index (χ0v) is 8.81. The minimum Gasteiger partial charge on any atom is -0.459 e. The van der Waals surface area contributed by atoms with Crippen molar-refractivity contribution in [1.29, 1.82) is 0 Å². The van der Waals surface area contributed by atoms with Crippen molar-refractivity contribution in [3.63, 3.8) is 0 Å².